The zero-order chi connectivity index (χ0) is 14.0. The Kier molecular flexibility index (Phi) is 8.22. The third-order valence-electron chi connectivity index (χ3n) is 5.55. The van der Waals surface area contributed by atoms with E-state index in [1.165, 1.54) is 89.9 Å². The van der Waals surface area contributed by atoms with Crippen LogP contribution in [0, 0.1) is 11.8 Å². The van der Waals surface area contributed by atoms with Crippen molar-refractivity contribution in [2.75, 3.05) is 0 Å². The predicted octanol–water partition coefficient (Wildman–Crippen LogP) is 4.08. The third kappa shape index (κ3) is 5.86. The zero-order valence-electron chi connectivity index (χ0n) is 13.2. The van der Waals surface area contributed by atoms with Crippen molar-refractivity contribution in [1.82, 2.24) is 0 Å². The van der Waals surface area contributed by atoms with Crippen molar-refractivity contribution < 1.29 is 9.22 Å². The second-order valence-electron chi connectivity index (χ2n) is 7.02. The van der Waals surface area contributed by atoms with Crippen LogP contribution in [0.3, 0.4) is 0 Å². The van der Waals surface area contributed by atoms with Crippen LogP contribution in [-0.2, 0) is 4.43 Å². The summed E-state index contributed by atoms with van der Waals surface area (Å²) in [6, 6.07) is 0. The molecular formula is C17H34O2Si. The van der Waals surface area contributed by atoms with Gasteiger partial charge >= 0.3 is 10.0 Å². The highest BCUT2D eigenvalue weighted by Gasteiger charge is 2.24. The van der Waals surface area contributed by atoms with Crippen LogP contribution in [0.2, 0.25) is 0 Å². The number of rotatable bonds is 6. The van der Waals surface area contributed by atoms with Crippen molar-refractivity contribution in [1.29, 1.82) is 0 Å². The Morgan fingerprint density at radius 1 is 0.850 bits per heavy atom. The van der Waals surface area contributed by atoms with Crippen molar-refractivity contribution in [3.63, 3.8) is 0 Å². The first-order valence-electron chi connectivity index (χ1n) is 9.12. The van der Waals surface area contributed by atoms with E-state index in [4.69, 9.17) is 4.43 Å². The van der Waals surface area contributed by atoms with Gasteiger partial charge in [0.15, 0.2) is 0 Å². The summed E-state index contributed by atoms with van der Waals surface area (Å²) in [5.41, 5.74) is 0. The lowest BCUT2D eigenvalue weighted by molar-refractivity contribution is 0.0943. The van der Waals surface area contributed by atoms with Crippen LogP contribution >= 0.6 is 0 Å². The van der Waals surface area contributed by atoms with Gasteiger partial charge in [0.1, 0.15) is 0 Å². The van der Waals surface area contributed by atoms with Crippen LogP contribution < -0.4 is 0 Å². The molecule has 2 rings (SSSR count). The van der Waals surface area contributed by atoms with Crippen molar-refractivity contribution in [2.45, 2.75) is 96.0 Å². The molecule has 2 saturated carbocycles. The fourth-order valence-electron chi connectivity index (χ4n) is 4.29. The molecule has 0 aromatic rings. The van der Waals surface area contributed by atoms with E-state index in [-0.39, 0.29) is 0 Å². The van der Waals surface area contributed by atoms with Gasteiger partial charge in [-0.25, -0.2) is 0 Å². The molecule has 2 aliphatic carbocycles. The molecule has 2 nitrogen and oxygen atoms in total. The van der Waals surface area contributed by atoms with E-state index >= 15 is 0 Å². The Balaban J connectivity index is 1.77. The van der Waals surface area contributed by atoms with E-state index in [0.29, 0.717) is 6.10 Å². The van der Waals surface area contributed by atoms with Crippen LogP contribution in [0.25, 0.3) is 0 Å². The quantitative estimate of drug-likeness (QED) is 0.591. The van der Waals surface area contributed by atoms with Gasteiger partial charge in [-0.2, -0.15) is 0 Å². The van der Waals surface area contributed by atoms with E-state index in [9.17, 15) is 4.80 Å². The minimum Gasteiger partial charge on any atom is -0.415 e. The average molecular weight is 299 g/mol. The van der Waals surface area contributed by atoms with E-state index < -0.39 is 10.0 Å². The number of hydrogen-bond acceptors (Lipinski definition) is 2. The predicted molar refractivity (Wildman–Crippen MR) is 87.3 cm³/mol. The van der Waals surface area contributed by atoms with Gasteiger partial charge in [-0.3, -0.25) is 0 Å². The summed E-state index contributed by atoms with van der Waals surface area (Å²) >= 11 is 0. The first kappa shape index (κ1) is 16.5. The Labute approximate surface area is 127 Å². The van der Waals surface area contributed by atoms with Gasteiger partial charge < -0.3 is 9.22 Å². The third-order valence-corrected chi connectivity index (χ3v) is 6.13. The fraction of sp³-hybridized carbons (Fsp3) is 1.00. The molecule has 0 heterocycles. The molecule has 1 atom stereocenters. The molecule has 0 spiro atoms. The molecule has 0 bridgehead atoms. The molecular weight excluding hydrogens is 264 g/mol. The normalized spacial score (nSPS) is 25.6. The van der Waals surface area contributed by atoms with Crippen molar-refractivity contribution in [2.24, 2.45) is 11.8 Å². The standard InChI is InChI=1S/C17H34O2Si/c18-20-19-17(16-11-7-3-4-8-12-16)14-13-15-9-5-1-2-6-10-15/h15-18H,1-14,20H2. The molecule has 20 heavy (non-hydrogen) atoms. The molecule has 3 heteroatoms. The smallest absolute Gasteiger partial charge is 0.302 e. The second-order valence-corrected chi connectivity index (χ2v) is 7.61. The van der Waals surface area contributed by atoms with Crippen molar-refractivity contribution in [3.8, 4) is 0 Å². The number of hydrogen-bond donors (Lipinski definition) is 1. The summed E-state index contributed by atoms with van der Waals surface area (Å²) in [6.07, 6.45) is 19.8. The van der Waals surface area contributed by atoms with Gasteiger partial charge in [0.05, 0.1) is 0 Å². The minimum atomic E-state index is -1.25. The molecule has 0 aromatic carbocycles. The molecule has 0 aliphatic heterocycles. The summed E-state index contributed by atoms with van der Waals surface area (Å²) in [5.74, 6) is 1.68. The van der Waals surface area contributed by atoms with Gasteiger partial charge in [0.2, 0.25) is 0 Å². The van der Waals surface area contributed by atoms with Crippen LogP contribution in [0.1, 0.15) is 89.9 Å². The van der Waals surface area contributed by atoms with Crippen LogP contribution in [-0.4, -0.2) is 20.9 Å². The molecule has 0 saturated heterocycles. The van der Waals surface area contributed by atoms with Crippen molar-refractivity contribution >= 4 is 10.0 Å². The first-order chi connectivity index (χ1) is 9.90. The minimum absolute atomic E-state index is 0.382. The highest BCUT2D eigenvalue weighted by atomic mass is 28.2. The molecule has 2 fully saturated rings. The Morgan fingerprint density at radius 2 is 1.40 bits per heavy atom. The van der Waals surface area contributed by atoms with Gasteiger partial charge in [-0.15, -0.1) is 0 Å². The van der Waals surface area contributed by atoms with Gasteiger partial charge in [0, 0.05) is 6.10 Å². The maximum absolute atomic E-state index is 9.34. The SMILES string of the molecule is O[SiH2]OC(CCC1CCCCCC1)C1CCCCCC1. The first-order valence-corrected chi connectivity index (χ1v) is 10.3. The van der Waals surface area contributed by atoms with Crippen LogP contribution in [0.15, 0.2) is 0 Å². The van der Waals surface area contributed by atoms with Crippen LogP contribution in [0.4, 0.5) is 0 Å². The summed E-state index contributed by atoms with van der Waals surface area (Å²) in [5, 5.41) is 0. The Hall–Kier alpha value is 0.137. The maximum atomic E-state index is 9.34. The molecule has 0 radical (unpaired) electrons. The molecule has 0 aromatic heterocycles. The largest absolute Gasteiger partial charge is 0.415 e. The fourth-order valence-corrected chi connectivity index (χ4v) is 4.92. The van der Waals surface area contributed by atoms with Crippen LogP contribution in [0.5, 0.6) is 0 Å². The zero-order valence-corrected chi connectivity index (χ0v) is 14.6. The van der Waals surface area contributed by atoms with E-state index in [0.717, 1.165) is 11.8 Å². The van der Waals surface area contributed by atoms with E-state index in [1.807, 2.05) is 0 Å². The topological polar surface area (TPSA) is 29.5 Å². The molecule has 1 unspecified atom stereocenters. The highest BCUT2D eigenvalue weighted by molar-refractivity contribution is 6.15. The monoisotopic (exact) mass is 298 g/mol. The van der Waals surface area contributed by atoms with Crippen molar-refractivity contribution in [3.05, 3.63) is 0 Å². The maximum Gasteiger partial charge on any atom is 0.302 e. The lowest BCUT2D eigenvalue weighted by atomic mass is 9.87. The summed E-state index contributed by atoms with van der Waals surface area (Å²) in [7, 11) is -1.25. The van der Waals surface area contributed by atoms with Gasteiger partial charge in [-0.05, 0) is 37.5 Å². The highest BCUT2D eigenvalue weighted by Crippen LogP contribution is 2.32. The average Bonchev–Trinajstić information content (AvgIpc) is 2.88. The lowest BCUT2D eigenvalue weighted by Crippen LogP contribution is -2.26. The molecule has 0 amide bonds. The summed E-state index contributed by atoms with van der Waals surface area (Å²) < 4.78 is 5.85. The molecule has 2 aliphatic rings. The van der Waals surface area contributed by atoms with Gasteiger partial charge in [0.25, 0.3) is 0 Å². The van der Waals surface area contributed by atoms with E-state index in [1.54, 1.807) is 0 Å². The molecule has 1 N–H and O–H groups in total. The Bertz CT molecular complexity index is 231. The van der Waals surface area contributed by atoms with Gasteiger partial charge in [-0.1, -0.05) is 64.2 Å². The lowest BCUT2D eigenvalue weighted by Gasteiger charge is -2.27. The van der Waals surface area contributed by atoms with E-state index in [2.05, 4.69) is 0 Å². The summed E-state index contributed by atoms with van der Waals surface area (Å²) in [6.45, 7) is 0. The molecule has 118 valence electrons. The second kappa shape index (κ2) is 9.96. The Morgan fingerprint density at radius 3 is 1.95 bits per heavy atom. The summed E-state index contributed by atoms with van der Waals surface area (Å²) in [4.78, 5) is 9.34.